The molecule has 0 aromatic heterocycles. The zero-order valence-electron chi connectivity index (χ0n) is 88.3. The number of anilines is 1. The molecule has 0 heterocycles. The van der Waals surface area contributed by atoms with Gasteiger partial charge in [0.15, 0.2) is 11.5 Å². The second kappa shape index (κ2) is 54.4. The van der Waals surface area contributed by atoms with Crippen LogP contribution in [0.25, 0.3) is 10.8 Å². The average molecular weight is 2000 g/mol. The van der Waals surface area contributed by atoms with E-state index in [2.05, 4.69) is 62.6 Å². The Balaban J connectivity index is 0.000000141. The Kier molecular flexibility index (Phi) is 42.1. The number of sulfonamides is 1. The summed E-state index contributed by atoms with van der Waals surface area (Å²) >= 11 is 6.30. The molecule has 0 aliphatic heterocycles. The third-order valence-electron chi connectivity index (χ3n) is 34.2. The van der Waals surface area contributed by atoms with Gasteiger partial charge in [0, 0.05) is 139 Å². The van der Waals surface area contributed by atoms with Crippen LogP contribution in [0, 0.1) is 48.3 Å². The Morgan fingerprint density at radius 3 is 1.25 bits per heavy atom. The first-order valence-electron chi connectivity index (χ1n) is 54.7. The van der Waals surface area contributed by atoms with E-state index in [9.17, 15) is 42.0 Å². The standard InChI is InChI=1S/C20H23ClN2O3S.C20H29NO.C18H23NO.C18H21NO.C17H31NO2.C16H27NO2.C11H15NO3/c1-23(16-8-4-2-5-9-16)20(24)18-13-12-15(14-19(18)21)22-27(25,26)17-10-6-3-7-11-17;1-16-12-14-17(15-13-16)20(22)21(18-8-4-2-5-9-18)19-10-6-3-7-11-19;1-19(17(20)16-5-3-2-4-6-16)18-10-13-7-14(11-18)9-15(8-13)12-18;1-19(17-9-3-2-4-10-17)18(20)16-12-11-14-7-5-6-8-15(14)13-16;1-18(15-8-6-4-3-5-7-9-15)17(19)14-10-12-16(20-2)13-11-14;1-17(15-10-11-3-4-13(15)9-11)16(18)12-5-7-14(19-2)8-6-12;1-12(2)11(13)8-5-6-9(14-3)10(7-8)15-4/h3,6-7,10-14,16,22H,2,4-5,8-9H2,1H3;12-15,18-19H,2-11H2,1H3;2-6,13-15H,7-12H2,1H3;5-8,11-13,17H,2-4,9-10H2,1H3;14-16H,3-13H2,1-2H3;11-15H,3-10H2,1-2H3;5-7H,1-4H3. The van der Waals surface area contributed by atoms with Crippen LogP contribution in [-0.2, 0) is 29.1 Å². The summed E-state index contributed by atoms with van der Waals surface area (Å²) in [4.78, 5) is 102. The first-order chi connectivity index (χ1) is 69.1. The lowest BCUT2D eigenvalue weighted by Crippen LogP contribution is -2.60. The Bertz CT molecular complexity index is 5250. The molecule has 143 heavy (non-hydrogen) atoms. The largest absolute Gasteiger partial charge is 0.493 e. The second-order valence-corrected chi connectivity index (χ2v) is 46.0. The topological polar surface area (TPSA) is 225 Å². The quantitative estimate of drug-likeness (QED) is 0.0707. The molecule has 7 amide bonds. The van der Waals surface area contributed by atoms with Gasteiger partial charge in [-0.25, -0.2) is 8.42 Å². The number of halogens is 1. The average Bonchev–Trinajstić information content (AvgIpc) is 1.10. The molecule has 13 aliphatic rings. The van der Waals surface area contributed by atoms with Crippen molar-refractivity contribution in [1.82, 2.24) is 34.3 Å². The van der Waals surface area contributed by atoms with E-state index in [1.165, 1.54) is 233 Å². The van der Waals surface area contributed by atoms with Gasteiger partial charge in [0.05, 0.1) is 47.6 Å². The normalized spacial score (nSPS) is 24.3. The molecule has 13 aliphatic carbocycles. The molecule has 20 rings (SSSR count). The van der Waals surface area contributed by atoms with Crippen LogP contribution in [0.4, 0.5) is 5.69 Å². The molecule has 7 aromatic rings. The Hall–Kier alpha value is -9.35. The number of nitrogens with one attached hydrogen (secondary N) is 1. The van der Waals surface area contributed by atoms with Gasteiger partial charge < -0.3 is 53.2 Å². The van der Waals surface area contributed by atoms with Crippen molar-refractivity contribution in [3.8, 4) is 11.5 Å². The van der Waals surface area contributed by atoms with E-state index in [1.807, 2.05) is 98.8 Å². The van der Waals surface area contributed by atoms with Crippen molar-refractivity contribution in [3.05, 3.63) is 202 Å². The van der Waals surface area contributed by atoms with Crippen LogP contribution in [0.15, 0.2) is 169 Å². The third kappa shape index (κ3) is 30.2. The van der Waals surface area contributed by atoms with Gasteiger partial charge in [-0.2, -0.15) is 0 Å². The number of hydrogen-bond acceptors (Lipinski definition) is 13. The number of carbonyl (C=O) groups excluding carboxylic acids is 7. The number of methoxy groups -OCH3 is 4. The zero-order chi connectivity index (χ0) is 102. The second-order valence-electron chi connectivity index (χ2n) is 44.0. The molecule has 3 atom stereocenters. The van der Waals surface area contributed by atoms with Gasteiger partial charge in [-0.15, -0.1) is 0 Å². The molecule has 1 N–H and O–H groups in total. The van der Waals surface area contributed by atoms with Gasteiger partial charge in [-0.1, -0.05) is 212 Å². The molecule has 23 heteroatoms. The maximum Gasteiger partial charge on any atom is 0.261 e. The summed E-state index contributed by atoms with van der Waals surface area (Å²) in [5, 5.41) is 2.55. The summed E-state index contributed by atoms with van der Waals surface area (Å²) < 4.78 is 48.3. The summed E-state index contributed by atoms with van der Waals surface area (Å²) in [5.41, 5.74) is 5.19. The summed E-state index contributed by atoms with van der Waals surface area (Å²) in [6.07, 6.45) is 55.7. The first kappa shape index (κ1) is 111. The van der Waals surface area contributed by atoms with E-state index in [0.29, 0.717) is 82.5 Å². The minimum atomic E-state index is -3.70. The molecule has 21 nitrogen and oxygen atoms in total. The van der Waals surface area contributed by atoms with E-state index < -0.39 is 10.0 Å². The predicted octanol–water partition coefficient (Wildman–Crippen LogP) is 25.6. The fourth-order valence-corrected chi connectivity index (χ4v) is 27.3. The smallest absolute Gasteiger partial charge is 0.261 e. The fraction of sp³-hybridized carbons (Fsp3) is 0.608. The number of ether oxygens (including phenoxy) is 4. The summed E-state index contributed by atoms with van der Waals surface area (Å²) in [6.45, 7) is 2.08. The van der Waals surface area contributed by atoms with Crippen LogP contribution in [0.2, 0.25) is 5.02 Å². The SMILES string of the molecule is CN(C(=O)c1ccc(NS(=O)(=O)c2ccccc2)cc1Cl)C1CCCCC1.CN(C(=O)c1ccc2ccccc2c1)C1CCCCC1.CN(C(=O)c1ccccc1)C12CC3CC(CC(C3)C1)C2.COC1CCC(C(=O)N(C)C2CC3CCC2C3)CC1.COC1CCC(C(=O)N(C)C2CCCCCCC2)CC1.COc1ccc(C(=O)N(C)C)cc1OC.Cc1ccc(C(=O)N(C2CCCCC2)C2CCCCC2)cc1. The number of hydrogen-bond donors (Lipinski definition) is 1. The molecular weight excluding hydrogens is 1830 g/mol. The summed E-state index contributed by atoms with van der Waals surface area (Å²) in [6, 6.07) is 52.6. The monoisotopic (exact) mass is 2000 g/mol. The highest BCUT2D eigenvalue weighted by molar-refractivity contribution is 7.92. The number of aryl methyl sites for hydroxylation is 1. The van der Waals surface area contributed by atoms with Gasteiger partial charge in [0.25, 0.3) is 39.6 Å². The van der Waals surface area contributed by atoms with Crippen molar-refractivity contribution in [3.63, 3.8) is 0 Å². The highest BCUT2D eigenvalue weighted by Crippen LogP contribution is 2.58. The van der Waals surface area contributed by atoms with E-state index in [0.717, 1.165) is 142 Å². The van der Waals surface area contributed by atoms with Crippen molar-refractivity contribution in [2.45, 2.75) is 355 Å². The van der Waals surface area contributed by atoms with Crippen molar-refractivity contribution in [2.24, 2.45) is 41.4 Å². The third-order valence-corrected chi connectivity index (χ3v) is 35.9. The van der Waals surface area contributed by atoms with Crippen LogP contribution < -0.4 is 14.2 Å². The maximum absolute atomic E-state index is 13.2. The maximum atomic E-state index is 13.2. The molecular formula is C120H169ClN8O13S. The number of rotatable bonds is 21. The van der Waals surface area contributed by atoms with Crippen molar-refractivity contribution >= 4 is 79.4 Å². The van der Waals surface area contributed by atoms with Crippen molar-refractivity contribution in [1.29, 1.82) is 0 Å². The summed E-state index contributed by atoms with van der Waals surface area (Å²) in [7, 11) is 16.3. The molecule has 7 aromatic carbocycles. The molecule has 3 unspecified atom stereocenters. The Labute approximate surface area is 861 Å². The summed E-state index contributed by atoms with van der Waals surface area (Å²) in [5.74, 6) is 7.30. The molecule has 6 bridgehead atoms. The molecule has 0 saturated heterocycles. The van der Waals surface area contributed by atoms with E-state index >= 15 is 0 Å². The molecule has 13 saturated carbocycles. The molecule has 780 valence electrons. The van der Waals surface area contributed by atoms with Gasteiger partial charge in [0.2, 0.25) is 11.8 Å². The number of benzene rings is 7. The Morgan fingerprint density at radius 1 is 0.357 bits per heavy atom. The van der Waals surface area contributed by atoms with Crippen LogP contribution in [0.3, 0.4) is 0 Å². The van der Waals surface area contributed by atoms with E-state index in [-0.39, 0.29) is 62.9 Å². The van der Waals surface area contributed by atoms with Crippen LogP contribution in [0.5, 0.6) is 11.5 Å². The minimum absolute atomic E-state index is 0.0593. The van der Waals surface area contributed by atoms with E-state index in [4.69, 9.17) is 30.5 Å². The molecule has 0 spiro atoms. The highest BCUT2D eigenvalue weighted by Gasteiger charge is 2.54. The zero-order valence-corrected chi connectivity index (χ0v) is 89.9. The van der Waals surface area contributed by atoms with Gasteiger partial charge >= 0.3 is 0 Å². The lowest BCUT2D eigenvalue weighted by molar-refractivity contribution is -0.139. The molecule has 13 fully saturated rings. The number of carbonyl (C=O) groups is 7. The lowest BCUT2D eigenvalue weighted by atomic mass is 9.52. The Morgan fingerprint density at radius 2 is 0.783 bits per heavy atom. The first-order valence-corrected chi connectivity index (χ1v) is 56.6. The number of fused-ring (bicyclic) bond motifs is 3. The van der Waals surface area contributed by atoms with Gasteiger partial charge in [-0.05, 0) is 306 Å². The van der Waals surface area contributed by atoms with Crippen LogP contribution >= 0.6 is 11.6 Å². The minimum Gasteiger partial charge on any atom is -0.493 e. The van der Waals surface area contributed by atoms with Gasteiger partial charge in [0.1, 0.15) is 0 Å². The van der Waals surface area contributed by atoms with Crippen molar-refractivity contribution in [2.75, 3.05) is 82.5 Å². The predicted molar refractivity (Wildman–Crippen MR) is 575 cm³/mol. The van der Waals surface area contributed by atoms with Crippen LogP contribution in [-0.4, -0.2) is 216 Å². The lowest BCUT2D eigenvalue weighted by Gasteiger charge is -2.59. The van der Waals surface area contributed by atoms with E-state index in [1.54, 1.807) is 103 Å². The van der Waals surface area contributed by atoms with Gasteiger partial charge in [-0.3, -0.25) is 38.3 Å². The van der Waals surface area contributed by atoms with Crippen molar-refractivity contribution < 1.29 is 60.9 Å². The van der Waals surface area contributed by atoms with Crippen LogP contribution in [0.1, 0.15) is 346 Å². The fourth-order valence-electron chi connectivity index (χ4n) is 26.0. The number of amides is 7. The molecule has 0 radical (unpaired) electrons. The highest BCUT2D eigenvalue weighted by atomic mass is 35.5. The number of nitrogens with zero attached hydrogens (tertiary/aromatic N) is 7.